The summed E-state index contributed by atoms with van der Waals surface area (Å²) in [6, 6.07) is -0.766. The summed E-state index contributed by atoms with van der Waals surface area (Å²) in [7, 11) is 0. The number of carbonyl (C=O) groups excluding carboxylic acids is 3. The highest BCUT2D eigenvalue weighted by molar-refractivity contribution is 5.90. The topological polar surface area (TPSA) is 106 Å². The van der Waals surface area contributed by atoms with Crippen molar-refractivity contribution in [3.05, 3.63) is 24.3 Å². The summed E-state index contributed by atoms with van der Waals surface area (Å²) < 4.78 is 11.5. The van der Waals surface area contributed by atoms with Crippen LogP contribution < -0.4 is 16.0 Å². The number of rotatable bonds is 36. The molecule has 1 atom stereocenters. The molecule has 1 aliphatic rings. The van der Waals surface area contributed by atoms with Crippen LogP contribution in [0.5, 0.6) is 0 Å². The van der Waals surface area contributed by atoms with Crippen molar-refractivity contribution >= 4 is 17.7 Å². The van der Waals surface area contributed by atoms with Gasteiger partial charge in [0.15, 0.2) is 0 Å². The van der Waals surface area contributed by atoms with Crippen LogP contribution in [-0.4, -0.2) is 63.3 Å². The van der Waals surface area contributed by atoms with Crippen molar-refractivity contribution in [1.29, 1.82) is 0 Å². The highest BCUT2D eigenvalue weighted by atomic mass is 16.5. The van der Waals surface area contributed by atoms with Crippen molar-refractivity contribution < 1.29 is 23.9 Å². The smallest absolute Gasteiger partial charge is 0.242 e. The second-order valence-corrected chi connectivity index (χ2v) is 13.8. The minimum Gasteiger partial charge on any atom is -0.381 e. The molecular formula is C41H75N3O5. The van der Waals surface area contributed by atoms with Gasteiger partial charge >= 0.3 is 0 Å². The maximum atomic E-state index is 13.0. The van der Waals surface area contributed by atoms with Gasteiger partial charge in [-0.25, -0.2) is 0 Å². The summed E-state index contributed by atoms with van der Waals surface area (Å²) in [5.41, 5.74) is 0. The van der Waals surface area contributed by atoms with Crippen molar-refractivity contribution in [2.45, 2.75) is 174 Å². The molecule has 8 nitrogen and oxygen atoms in total. The Morgan fingerprint density at radius 3 is 1.43 bits per heavy atom. The molecule has 1 unspecified atom stereocenters. The number of hydrogen-bond acceptors (Lipinski definition) is 5. The van der Waals surface area contributed by atoms with Crippen LogP contribution in [0.2, 0.25) is 0 Å². The van der Waals surface area contributed by atoms with Crippen LogP contribution >= 0.6 is 0 Å². The Bertz CT molecular complexity index is 850. The quantitative estimate of drug-likeness (QED) is 0.0570. The van der Waals surface area contributed by atoms with Gasteiger partial charge in [0.25, 0.3) is 0 Å². The van der Waals surface area contributed by atoms with Crippen molar-refractivity contribution in [2.75, 3.05) is 39.5 Å². The van der Waals surface area contributed by atoms with E-state index in [0.29, 0.717) is 32.7 Å². The van der Waals surface area contributed by atoms with Crippen molar-refractivity contribution in [3.8, 4) is 0 Å². The maximum absolute atomic E-state index is 13.0. The summed E-state index contributed by atoms with van der Waals surface area (Å²) >= 11 is 0. The molecule has 49 heavy (non-hydrogen) atoms. The van der Waals surface area contributed by atoms with Gasteiger partial charge in [0, 0.05) is 45.9 Å². The summed E-state index contributed by atoms with van der Waals surface area (Å²) in [6.45, 7) is 8.28. The fourth-order valence-electron chi connectivity index (χ4n) is 6.01. The van der Waals surface area contributed by atoms with Crippen LogP contribution in [0.25, 0.3) is 0 Å². The third-order valence-corrected chi connectivity index (χ3v) is 9.18. The molecule has 0 aromatic carbocycles. The van der Waals surface area contributed by atoms with Gasteiger partial charge in [0.1, 0.15) is 6.04 Å². The zero-order valence-corrected chi connectivity index (χ0v) is 31.7. The number of unbranched alkanes of at least 4 members (excludes halogenated alkanes) is 18. The fraction of sp³-hybridized carbons (Fsp3) is 0.829. The number of hydrogen-bond donors (Lipinski definition) is 3. The van der Waals surface area contributed by atoms with Gasteiger partial charge in [-0.15, -0.1) is 0 Å². The molecule has 0 aromatic rings. The van der Waals surface area contributed by atoms with E-state index in [4.69, 9.17) is 9.47 Å². The number of amides is 3. The number of allylic oxidation sites excluding steroid dienone is 2. The Hall–Kier alpha value is -2.19. The van der Waals surface area contributed by atoms with E-state index in [0.717, 1.165) is 32.5 Å². The lowest BCUT2D eigenvalue weighted by molar-refractivity contribution is -0.130. The molecule has 284 valence electrons. The third-order valence-electron chi connectivity index (χ3n) is 9.18. The first-order valence-electron chi connectivity index (χ1n) is 20.4. The normalized spacial score (nSPS) is 13.2. The van der Waals surface area contributed by atoms with Gasteiger partial charge in [-0.05, 0) is 32.1 Å². The molecule has 0 aliphatic heterocycles. The standard InChI is InChI=1S/C41H75N3O5/c1-3-5-7-9-11-13-15-17-19-23-33-48-35-25-31-42-39(45)30-29-38(44-40(46)37-27-21-22-28-37)41(47)43-32-26-36-49-34-24-20-18-16-14-12-10-8-6-4-2/h21-22,27-28,37-38H,3-20,23-26,29-36H2,1-2H3,(H,42,45)(H,43,47)(H,44,46). The van der Waals surface area contributed by atoms with Gasteiger partial charge < -0.3 is 25.4 Å². The molecule has 0 aromatic heterocycles. The molecule has 0 spiro atoms. The number of carbonyl (C=O) groups is 3. The average Bonchev–Trinajstić information content (AvgIpc) is 3.65. The van der Waals surface area contributed by atoms with Crippen LogP contribution in [0.1, 0.15) is 168 Å². The van der Waals surface area contributed by atoms with E-state index in [2.05, 4.69) is 29.8 Å². The zero-order chi connectivity index (χ0) is 35.5. The SMILES string of the molecule is CCCCCCCCCCCCOCCCNC(=O)CCC(NC(=O)C1C=CC=C1)C(=O)NCCCOCCCCCCCCCCCC. The molecule has 3 N–H and O–H groups in total. The lowest BCUT2D eigenvalue weighted by atomic mass is 10.1. The monoisotopic (exact) mass is 690 g/mol. The molecule has 1 aliphatic carbocycles. The van der Waals surface area contributed by atoms with Gasteiger partial charge in [-0.1, -0.05) is 154 Å². The molecular weight excluding hydrogens is 614 g/mol. The van der Waals surface area contributed by atoms with Gasteiger partial charge in [-0.2, -0.15) is 0 Å². The molecule has 0 fully saturated rings. The summed E-state index contributed by atoms with van der Waals surface area (Å²) in [5, 5.41) is 8.71. The van der Waals surface area contributed by atoms with Crippen LogP contribution in [0.3, 0.4) is 0 Å². The first-order chi connectivity index (χ1) is 24.1. The highest BCUT2D eigenvalue weighted by Crippen LogP contribution is 2.12. The van der Waals surface area contributed by atoms with E-state index in [1.165, 1.54) is 116 Å². The number of nitrogens with one attached hydrogen (secondary N) is 3. The summed E-state index contributed by atoms with van der Waals surface area (Å²) in [5.74, 6) is -1.00. The first kappa shape index (κ1) is 44.8. The van der Waals surface area contributed by atoms with Crippen LogP contribution in [0.4, 0.5) is 0 Å². The Morgan fingerprint density at radius 2 is 0.959 bits per heavy atom. The van der Waals surface area contributed by atoms with E-state index in [1.807, 2.05) is 12.2 Å². The minimum atomic E-state index is -0.766. The second kappa shape index (κ2) is 34.3. The van der Waals surface area contributed by atoms with Gasteiger partial charge in [-0.3, -0.25) is 14.4 Å². The van der Waals surface area contributed by atoms with E-state index >= 15 is 0 Å². The van der Waals surface area contributed by atoms with Crippen molar-refractivity contribution in [2.24, 2.45) is 5.92 Å². The van der Waals surface area contributed by atoms with E-state index in [1.54, 1.807) is 12.2 Å². The summed E-state index contributed by atoms with van der Waals surface area (Å²) in [6.07, 6.45) is 35.2. The summed E-state index contributed by atoms with van der Waals surface area (Å²) in [4.78, 5) is 38.2. The predicted octanol–water partition coefficient (Wildman–Crippen LogP) is 8.88. The molecule has 0 bridgehead atoms. The van der Waals surface area contributed by atoms with Crippen LogP contribution in [0.15, 0.2) is 24.3 Å². The Labute approximate surface area is 300 Å². The van der Waals surface area contributed by atoms with Crippen LogP contribution in [0, 0.1) is 5.92 Å². The predicted molar refractivity (Wildman–Crippen MR) is 204 cm³/mol. The van der Waals surface area contributed by atoms with E-state index in [-0.39, 0.29) is 36.5 Å². The maximum Gasteiger partial charge on any atom is 0.242 e. The number of ether oxygens (including phenoxy) is 2. The Kier molecular flexibility index (Phi) is 31.4. The lowest BCUT2D eigenvalue weighted by Crippen LogP contribution is -2.48. The molecule has 1 rings (SSSR count). The zero-order valence-electron chi connectivity index (χ0n) is 31.7. The third kappa shape index (κ3) is 28.2. The molecule has 0 heterocycles. The van der Waals surface area contributed by atoms with Gasteiger partial charge in [0.2, 0.25) is 17.7 Å². The minimum absolute atomic E-state index is 0.122. The fourth-order valence-corrected chi connectivity index (χ4v) is 6.01. The van der Waals surface area contributed by atoms with Gasteiger partial charge in [0.05, 0.1) is 5.92 Å². The molecule has 0 radical (unpaired) electrons. The largest absolute Gasteiger partial charge is 0.381 e. The Balaban J connectivity index is 2.13. The lowest BCUT2D eigenvalue weighted by Gasteiger charge is -2.20. The Morgan fingerprint density at radius 1 is 0.551 bits per heavy atom. The molecule has 0 saturated carbocycles. The van der Waals surface area contributed by atoms with Crippen molar-refractivity contribution in [1.82, 2.24) is 16.0 Å². The van der Waals surface area contributed by atoms with E-state index < -0.39 is 6.04 Å². The molecule has 3 amide bonds. The van der Waals surface area contributed by atoms with Crippen LogP contribution in [-0.2, 0) is 23.9 Å². The van der Waals surface area contributed by atoms with Crippen molar-refractivity contribution in [3.63, 3.8) is 0 Å². The highest BCUT2D eigenvalue weighted by Gasteiger charge is 2.24. The van der Waals surface area contributed by atoms with E-state index in [9.17, 15) is 14.4 Å². The average molecular weight is 690 g/mol. The first-order valence-corrected chi connectivity index (χ1v) is 20.4. The molecule has 8 heteroatoms. The second-order valence-electron chi connectivity index (χ2n) is 13.8. The molecule has 0 saturated heterocycles.